The Hall–Kier alpha value is -0.830. The summed E-state index contributed by atoms with van der Waals surface area (Å²) in [5, 5.41) is 9.04. The van der Waals surface area contributed by atoms with E-state index in [1.54, 1.807) is 13.0 Å². The van der Waals surface area contributed by atoms with E-state index in [0.717, 1.165) is 17.8 Å². The third-order valence-corrected chi connectivity index (χ3v) is 6.62. The minimum Gasteiger partial charge on any atom is -0.478 e. The van der Waals surface area contributed by atoms with Crippen molar-refractivity contribution in [2.75, 3.05) is 0 Å². The van der Waals surface area contributed by atoms with Gasteiger partial charge in [-0.2, -0.15) is 0 Å². The molecule has 1 atom stereocenters. The van der Waals surface area contributed by atoms with Gasteiger partial charge >= 0.3 is 5.97 Å². The number of hydrogen-bond acceptors (Lipinski definition) is 2. The first-order chi connectivity index (χ1) is 10.2. The van der Waals surface area contributed by atoms with Crippen molar-refractivity contribution < 1.29 is 14.6 Å². The highest BCUT2D eigenvalue weighted by atomic mass is 16.5. The predicted molar refractivity (Wildman–Crippen MR) is 86.6 cm³/mol. The largest absolute Gasteiger partial charge is 0.478 e. The van der Waals surface area contributed by atoms with Gasteiger partial charge in [-0.05, 0) is 95.5 Å². The first-order valence-electron chi connectivity index (χ1n) is 8.80. The zero-order valence-corrected chi connectivity index (χ0v) is 14.4. The summed E-state index contributed by atoms with van der Waals surface area (Å²) < 4.78 is 6.40. The molecule has 4 aliphatic rings. The molecule has 0 saturated heterocycles. The Bertz CT molecular complexity index is 454. The number of ether oxygens (including phenoxy) is 1. The van der Waals surface area contributed by atoms with E-state index in [1.165, 1.54) is 38.5 Å². The molecule has 3 heteroatoms. The Kier molecular flexibility index (Phi) is 3.91. The van der Waals surface area contributed by atoms with Crippen LogP contribution in [0.2, 0.25) is 0 Å². The molecule has 0 amide bonds. The first kappa shape index (κ1) is 16.0. The van der Waals surface area contributed by atoms with E-state index >= 15 is 0 Å². The van der Waals surface area contributed by atoms with Crippen molar-refractivity contribution in [3.63, 3.8) is 0 Å². The molecule has 0 aromatic rings. The summed E-state index contributed by atoms with van der Waals surface area (Å²) in [6.07, 6.45) is 9.81. The molecular weight excluding hydrogens is 276 g/mol. The number of rotatable bonds is 5. The van der Waals surface area contributed by atoms with Crippen molar-refractivity contribution in [2.45, 2.75) is 77.9 Å². The van der Waals surface area contributed by atoms with Crippen LogP contribution < -0.4 is 0 Å². The van der Waals surface area contributed by atoms with Crippen molar-refractivity contribution in [2.24, 2.45) is 23.2 Å². The van der Waals surface area contributed by atoms with E-state index in [0.29, 0.717) is 11.0 Å². The normalized spacial score (nSPS) is 39.1. The highest BCUT2D eigenvalue weighted by molar-refractivity contribution is 5.85. The second-order valence-electron chi connectivity index (χ2n) is 8.69. The summed E-state index contributed by atoms with van der Waals surface area (Å²) in [5.74, 6) is 1.85. The quantitative estimate of drug-likeness (QED) is 0.765. The molecule has 22 heavy (non-hydrogen) atoms. The van der Waals surface area contributed by atoms with Crippen molar-refractivity contribution in [3.8, 4) is 0 Å². The van der Waals surface area contributed by atoms with Crippen LogP contribution in [0.15, 0.2) is 11.6 Å². The molecule has 0 radical (unpaired) electrons. The van der Waals surface area contributed by atoms with E-state index < -0.39 is 5.97 Å². The van der Waals surface area contributed by atoms with Crippen LogP contribution in [-0.2, 0) is 9.53 Å². The second kappa shape index (κ2) is 5.36. The molecule has 4 bridgehead atoms. The maximum atomic E-state index is 11.0. The molecular formula is C19H30O3. The van der Waals surface area contributed by atoms with Crippen LogP contribution >= 0.6 is 0 Å². The minimum atomic E-state index is -0.858. The summed E-state index contributed by atoms with van der Waals surface area (Å²) in [4.78, 5) is 11.0. The van der Waals surface area contributed by atoms with Crippen molar-refractivity contribution in [1.82, 2.24) is 0 Å². The zero-order chi connectivity index (χ0) is 16.1. The van der Waals surface area contributed by atoms with Gasteiger partial charge in [0.05, 0.1) is 11.7 Å². The number of hydrogen-bond donors (Lipinski definition) is 1. The van der Waals surface area contributed by atoms with Crippen LogP contribution in [-0.4, -0.2) is 22.8 Å². The fourth-order valence-corrected chi connectivity index (χ4v) is 5.90. The summed E-state index contributed by atoms with van der Waals surface area (Å²) in [5.41, 5.74) is 0.493. The van der Waals surface area contributed by atoms with E-state index in [1.807, 2.05) is 6.92 Å². The first-order valence-corrected chi connectivity index (χ1v) is 8.80. The molecule has 1 N–H and O–H groups in total. The Morgan fingerprint density at radius 3 is 2.05 bits per heavy atom. The Balaban J connectivity index is 1.75. The summed E-state index contributed by atoms with van der Waals surface area (Å²) in [7, 11) is 0. The van der Waals surface area contributed by atoms with Crippen LogP contribution in [0.25, 0.3) is 0 Å². The molecule has 124 valence electrons. The standard InChI is InChI=1S/C19H30O3/c1-12(17(20)21)5-13(2)22-18(3,4)19-9-14-6-15(10-19)8-16(7-14)11-19/h5,13-16H,6-11H2,1-4H3,(H,20,21). The third kappa shape index (κ3) is 2.73. The molecule has 0 heterocycles. The van der Waals surface area contributed by atoms with Crippen LogP contribution in [0, 0.1) is 23.2 Å². The average molecular weight is 306 g/mol. The fraction of sp³-hybridized carbons (Fsp3) is 0.842. The van der Waals surface area contributed by atoms with Crippen LogP contribution in [0.3, 0.4) is 0 Å². The highest BCUT2D eigenvalue weighted by Crippen LogP contribution is 2.64. The van der Waals surface area contributed by atoms with E-state index in [2.05, 4.69) is 13.8 Å². The SMILES string of the molecule is CC(=CC(C)OC(C)(C)C12CC3CC(CC(C3)C1)C2)C(=O)O. The maximum Gasteiger partial charge on any atom is 0.331 e. The van der Waals surface area contributed by atoms with E-state index in [4.69, 9.17) is 9.84 Å². The summed E-state index contributed by atoms with van der Waals surface area (Å²) in [6, 6.07) is 0. The van der Waals surface area contributed by atoms with Crippen LogP contribution in [0.5, 0.6) is 0 Å². The third-order valence-electron chi connectivity index (χ3n) is 6.62. The number of carboxylic acid groups (broad SMARTS) is 1. The smallest absolute Gasteiger partial charge is 0.331 e. The van der Waals surface area contributed by atoms with Gasteiger partial charge < -0.3 is 9.84 Å². The highest BCUT2D eigenvalue weighted by Gasteiger charge is 2.57. The Morgan fingerprint density at radius 2 is 1.64 bits per heavy atom. The predicted octanol–water partition coefficient (Wildman–Crippen LogP) is 4.42. The lowest BCUT2D eigenvalue weighted by atomic mass is 9.46. The maximum absolute atomic E-state index is 11.0. The van der Waals surface area contributed by atoms with Crippen LogP contribution in [0.4, 0.5) is 0 Å². The average Bonchev–Trinajstić information content (AvgIpc) is 2.35. The fourth-order valence-electron chi connectivity index (χ4n) is 5.90. The Morgan fingerprint density at radius 1 is 1.18 bits per heavy atom. The van der Waals surface area contributed by atoms with Gasteiger partial charge in [-0.25, -0.2) is 4.79 Å². The molecule has 4 rings (SSSR count). The van der Waals surface area contributed by atoms with Gasteiger partial charge in [0, 0.05) is 5.57 Å². The topological polar surface area (TPSA) is 46.5 Å². The molecule has 4 fully saturated rings. The number of aliphatic carboxylic acids is 1. The minimum absolute atomic E-state index is 0.154. The molecule has 1 unspecified atom stereocenters. The van der Waals surface area contributed by atoms with E-state index in [-0.39, 0.29) is 11.7 Å². The van der Waals surface area contributed by atoms with E-state index in [9.17, 15) is 4.79 Å². The Labute approximate surface area is 134 Å². The van der Waals surface area contributed by atoms with Gasteiger partial charge in [0.2, 0.25) is 0 Å². The van der Waals surface area contributed by atoms with Crippen molar-refractivity contribution in [3.05, 3.63) is 11.6 Å². The summed E-state index contributed by atoms with van der Waals surface area (Å²) >= 11 is 0. The summed E-state index contributed by atoms with van der Waals surface area (Å²) in [6.45, 7) is 8.08. The van der Waals surface area contributed by atoms with Gasteiger partial charge in [0.25, 0.3) is 0 Å². The monoisotopic (exact) mass is 306 g/mol. The van der Waals surface area contributed by atoms with Crippen molar-refractivity contribution >= 4 is 5.97 Å². The number of carbonyl (C=O) groups is 1. The lowest BCUT2D eigenvalue weighted by Gasteiger charge is -2.62. The van der Waals surface area contributed by atoms with Gasteiger partial charge in [-0.1, -0.05) is 0 Å². The lowest BCUT2D eigenvalue weighted by Crippen LogP contribution is -2.57. The molecule has 4 saturated carbocycles. The van der Waals surface area contributed by atoms with Crippen molar-refractivity contribution in [1.29, 1.82) is 0 Å². The van der Waals surface area contributed by atoms with Gasteiger partial charge in [0.15, 0.2) is 0 Å². The molecule has 0 spiro atoms. The molecule has 0 aromatic heterocycles. The van der Waals surface area contributed by atoms with Gasteiger partial charge in [-0.3, -0.25) is 0 Å². The van der Waals surface area contributed by atoms with Gasteiger partial charge in [0.1, 0.15) is 0 Å². The van der Waals surface area contributed by atoms with Gasteiger partial charge in [-0.15, -0.1) is 0 Å². The molecule has 3 nitrogen and oxygen atoms in total. The van der Waals surface area contributed by atoms with Crippen LogP contribution in [0.1, 0.15) is 66.2 Å². The lowest BCUT2D eigenvalue weighted by molar-refractivity contribution is -0.197. The number of carboxylic acids is 1. The molecule has 0 aromatic carbocycles. The molecule has 0 aliphatic heterocycles. The second-order valence-corrected chi connectivity index (χ2v) is 8.69. The zero-order valence-electron chi connectivity index (χ0n) is 14.4. The molecule has 4 aliphatic carbocycles.